The van der Waals surface area contributed by atoms with Gasteiger partial charge in [-0.15, -0.1) is 0 Å². The lowest BCUT2D eigenvalue weighted by Crippen LogP contribution is -2.28. The van der Waals surface area contributed by atoms with Crippen LogP contribution in [0.3, 0.4) is 0 Å². The van der Waals surface area contributed by atoms with Crippen molar-refractivity contribution in [2.24, 2.45) is 0 Å². The number of aryl methyl sites for hydroxylation is 1. The third-order valence-electron chi connectivity index (χ3n) is 3.67. The van der Waals surface area contributed by atoms with E-state index >= 15 is 0 Å². The lowest BCUT2D eigenvalue weighted by Gasteiger charge is -2.25. The molecule has 0 N–H and O–H groups in total. The highest BCUT2D eigenvalue weighted by atomic mass is 16.5. The summed E-state index contributed by atoms with van der Waals surface area (Å²) in [5, 5.41) is 0. The van der Waals surface area contributed by atoms with E-state index in [1.54, 1.807) is 0 Å². The van der Waals surface area contributed by atoms with Crippen molar-refractivity contribution in [1.29, 1.82) is 0 Å². The molecule has 106 valence electrons. The molecule has 0 unspecified atom stereocenters. The molecule has 2 aromatic rings. The van der Waals surface area contributed by atoms with Crippen LogP contribution in [0.25, 0.3) is 0 Å². The number of ether oxygens (including phenoxy) is 1. The number of benzene rings is 2. The highest BCUT2D eigenvalue weighted by Gasteiger charge is 2.08. The van der Waals surface area contributed by atoms with Gasteiger partial charge in [0.2, 0.25) is 0 Å². The van der Waals surface area contributed by atoms with Crippen LogP contribution < -0.4 is 9.64 Å². The van der Waals surface area contributed by atoms with Gasteiger partial charge in [0.15, 0.2) is 0 Å². The Morgan fingerprint density at radius 1 is 0.950 bits per heavy atom. The van der Waals surface area contributed by atoms with Crippen LogP contribution in [0.2, 0.25) is 0 Å². The predicted molar refractivity (Wildman–Crippen MR) is 85.7 cm³/mol. The second-order valence-corrected chi connectivity index (χ2v) is 4.96. The van der Waals surface area contributed by atoms with Crippen molar-refractivity contribution in [2.45, 2.75) is 20.8 Å². The molecule has 0 saturated carbocycles. The first-order chi connectivity index (χ1) is 9.72. The van der Waals surface area contributed by atoms with Crippen molar-refractivity contribution < 1.29 is 4.74 Å². The topological polar surface area (TPSA) is 12.5 Å². The first-order valence-corrected chi connectivity index (χ1v) is 7.21. The van der Waals surface area contributed by atoms with E-state index in [-0.39, 0.29) is 0 Å². The second-order valence-electron chi connectivity index (χ2n) is 4.96. The van der Waals surface area contributed by atoms with Gasteiger partial charge in [0, 0.05) is 12.2 Å². The third-order valence-corrected chi connectivity index (χ3v) is 3.67. The van der Waals surface area contributed by atoms with Crippen LogP contribution in [0.5, 0.6) is 5.75 Å². The highest BCUT2D eigenvalue weighted by molar-refractivity contribution is 5.55. The minimum atomic E-state index is 0.700. The molecule has 0 bridgehead atoms. The average Bonchev–Trinajstić information content (AvgIpc) is 2.48. The first-order valence-electron chi connectivity index (χ1n) is 7.21. The Morgan fingerprint density at radius 2 is 1.70 bits per heavy atom. The maximum absolute atomic E-state index is 5.79. The standard InChI is InChI=1S/C18H23NO/c1-4-19(18-12-8-9-15(2)16(18)3)13-14-20-17-10-6-5-7-11-17/h5-12H,4,13-14H2,1-3H3. The van der Waals surface area contributed by atoms with Crippen LogP contribution in [0, 0.1) is 13.8 Å². The molecule has 2 heteroatoms. The van der Waals surface area contributed by atoms with Gasteiger partial charge in [0.05, 0.1) is 6.54 Å². The maximum Gasteiger partial charge on any atom is 0.119 e. The lowest BCUT2D eigenvalue weighted by atomic mass is 10.1. The fourth-order valence-electron chi connectivity index (χ4n) is 2.32. The number of anilines is 1. The van der Waals surface area contributed by atoms with Crippen LogP contribution in [0.4, 0.5) is 5.69 Å². The summed E-state index contributed by atoms with van der Waals surface area (Å²) >= 11 is 0. The summed E-state index contributed by atoms with van der Waals surface area (Å²) in [6.45, 7) is 9.12. The van der Waals surface area contributed by atoms with Gasteiger partial charge in [0.25, 0.3) is 0 Å². The molecule has 0 aliphatic carbocycles. The Labute approximate surface area is 122 Å². The predicted octanol–water partition coefficient (Wildman–Crippen LogP) is 4.21. The molecule has 20 heavy (non-hydrogen) atoms. The molecule has 0 spiro atoms. The minimum absolute atomic E-state index is 0.700. The van der Waals surface area contributed by atoms with Crippen molar-refractivity contribution >= 4 is 5.69 Å². The number of para-hydroxylation sites is 1. The molecule has 2 nitrogen and oxygen atoms in total. The number of hydrogen-bond donors (Lipinski definition) is 0. The van der Waals surface area contributed by atoms with Gasteiger partial charge in [0.1, 0.15) is 12.4 Å². The van der Waals surface area contributed by atoms with Crippen molar-refractivity contribution in [2.75, 3.05) is 24.6 Å². The van der Waals surface area contributed by atoms with E-state index in [2.05, 4.69) is 43.9 Å². The molecule has 2 rings (SSSR count). The van der Waals surface area contributed by atoms with Gasteiger partial charge in [-0.3, -0.25) is 0 Å². The van der Waals surface area contributed by atoms with Crippen molar-refractivity contribution in [1.82, 2.24) is 0 Å². The van der Waals surface area contributed by atoms with E-state index < -0.39 is 0 Å². The van der Waals surface area contributed by atoms with Crippen LogP contribution in [0.1, 0.15) is 18.1 Å². The molecule has 0 amide bonds. The fourth-order valence-corrected chi connectivity index (χ4v) is 2.32. The Morgan fingerprint density at radius 3 is 2.40 bits per heavy atom. The number of likely N-dealkylation sites (N-methyl/N-ethyl adjacent to an activating group) is 1. The van der Waals surface area contributed by atoms with Gasteiger partial charge >= 0.3 is 0 Å². The first kappa shape index (κ1) is 14.4. The Hall–Kier alpha value is -1.96. The van der Waals surface area contributed by atoms with Gasteiger partial charge in [-0.25, -0.2) is 0 Å². The van der Waals surface area contributed by atoms with Crippen LogP contribution in [-0.4, -0.2) is 19.7 Å². The van der Waals surface area contributed by atoms with E-state index in [4.69, 9.17) is 4.74 Å². The van der Waals surface area contributed by atoms with E-state index in [1.807, 2.05) is 30.3 Å². The van der Waals surface area contributed by atoms with E-state index in [9.17, 15) is 0 Å². The van der Waals surface area contributed by atoms with Gasteiger partial charge < -0.3 is 9.64 Å². The molecule has 0 heterocycles. The zero-order valence-corrected chi connectivity index (χ0v) is 12.6. The fraction of sp³-hybridized carbons (Fsp3) is 0.333. The van der Waals surface area contributed by atoms with Crippen molar-refractivity contribution in [3.63, 3.8) is 0 Å². The Bertz CT molecular complexity index is 536. The zero-order valence-electron chi connectivity index (χ0n) is 12.6. The second kappa shape index (κ2) is 6.99. The molecule has 0 fully saturated rings. The summed E-state index contributed by atoms with van der Waals surface area (Å²) in [7, 11) is 0. The molecule has 0 aliphatic heterocycles. The van der Waals surface area contributed by atoms with Crippen LogP contribution in [0.15, 0.2) is 48.5 Å². The molecule has 0 aromatic heterocycles. The third kappa shape index (κ3) is 3.53. The summed E-state index contributed by atoms with van der Waals surface area (Å²) < 4.78 is 5.79. The van der Waals surface area contributed by atoms with Crippen LogP contribution in [-0.2, 0) is 0 Å². The SMILES string of the molecule is CCN(CCOc1ccccc1)c1cccc(C)c1C. The van der Waals surface area contributed by atoms with Gasteiger partial charge in [-0.05, 0) is 50.1 Å². The summed E-state index contributed by atoms with van der Waals surface area (Å²) in [6.07, 6.45) is 0. The number of rotatable bonds is 6. The summed E-state index contributed by atoms with van der Waals surface area (Å²) in [5.41, 5.74) is 4.00. The van der Waals surface area contributed by atoms with Gasteiger partial charge in [-0.2, -0.15) is 0 Å². The molecule has 0 atom stereocenters. The molecular weight excluding hydrogens is 246 g/mol. The number of hydrogen-bond acceptors (Lipinski definition) is 2. The van der Waals surface area contributed by atoms with Crippen molar-refractivity contribution in [3.05, 3.63) is 59.7 Å². The average molecular weight is 269 g/mol. The highest BCUT2D eigenvalue weighted by Crippen LogP contribution is 2.22. The normalized spacial score (nSPS) is 10.3. The molecule has 0 saturated heterocycles. The molecule has 0 radical (unpaired) electrons. The van der Waals surface area contributed by atoms with Gasteiger partial charge in [-0.1, -0.05) is 30.3 Å². The molecule has 0 aliphatic rings. The molecular formula is C18H23NO. The summed E-state index contributed by atoms with van der Waals surface area (Å²) in [6, 6.07) is 16.5. The monoisotopic (exact) mass is 269 g/mol. The summed E-state index contributed by atoms with van der Waals surface area (Å²) in [4.78, 5) is 2.37. The van der Waals surface area contributed by atoms with E-state index in [1.165, 1.54) is 16.8 Å². The van der Waals surface area contributed by atoms with Crippen LogP contribution >= 0.6 is 0 Å². The Balaban J connectivity index is 1.97. The van der Waals surface area contributed by atoms with E-state index in [0.29, 0.717) is 6.61 Å². The minimum Gasteiger partial charge on any atom is -0.492 e. The maximum atomic E-state index is 5.79. The quantitative estimate of drug-likeness (QED) is 0.779. The zero-order chi connectivity index (χ0) is 14.4. The number of nitrogens with zero attached hydrogens (tertiary/aromatic N) is 1. The lowest BCUT2D eigenvalue weighted by molar-refractivity contribution is 0.324. The molecule has 2 aromatic carbocycles. The summed E-state index contributed by atoms with van der Waals surface area (Å²) in [5.74, 6) is 0.935. The van der Waals surface area contributed by atoms with Crippen molar-refractivity contribution in [3.8, 4) is 5.75 Å². The smallest absolute Gasteiger partial charge is 0.119 e. The van der Waals surface area contributed by atoms with E-state index in [0.717, 1.165) is 18.8 Å². The largest absolute Gasteiger partial charge is 0.492 e. The Kier molecular flexibility index (Phi) is 5.05.